The van der Waals surface area contributed by atoms with Crippen LogP contribution in [0.3, 0.4) is 0 Å². The Morgan fingerprint density at radius 2 is 1.85 bits per heavy atom. The predicted molar refractivity (Wildman–Crippen MR) is 104 cm³/mol. The molecule has 0 saturated carbocycles. The number of aryl methyl sites for hydroxylation is 2. The summed E-state index contributed by atoms with van der Waals surface area (Å²) in [5.41, 5.74) is 3.79. The van der Waals surface area contributed by atoms with Crippen LogP contribution < -0.4 is 4.74 Å². The molecule has 1 aliphatic heterocycles. The van der Waals surface area contributed by atoms with Gasteiger partial charge in [-0.15, -0.1) is 0 Å². The molecule has 1 unspecified atom stereocenters. The molecule has 1 N–H and O–H groups in total. The van der Waals surface area contributed by atoms with Crippen molar-refractivity contribution in [3.8, 4) is 5.75 Å². The SMILES string of the molecule is COc1c(C)cc(C(C(=O)O)N2CCN(Cc3ccccn3)CC2)cc1C. The predicted octanol–water partition coefficient (Wildman–Crippen LogP) is 2.65. The van der Waals surface area contributed by atoms with Crippen molar-refractivity contribution < 1.29 is 14.6 Å². The molecule has 6 heteroatoms. The number of benzene rings is 1. The first-order valence-electron chi connectivity index (χ1n) is 9.24. The maximum Gasteiger partial charge on any atom is 0.325 e. The molecular weight excluding hydrogens is 342 g/mol. The van der Waals surface area contributed by atoms with Gasteiger partial charge >= 0.3 is 5.97 Å². The number of rotatable bonds is 6. The molecule has 1 aromatic heterocycles. The molecule has 0 bridgehead atoms. The number of carboxylic acids is 1. The quantitative estimate of drug-likeness (QED) is 0.844. The molecule has 1 aliphatic rings. The van der Waals surface area contributed by atoms with Gasteiger partial charge in [0.2, 0.25) is 0 Å². The highest BCUT2D eigenvalue weighted by atomic mass is 16.5. The Labute approximate surface area is 160 Å². The Hall–Kier alpha value is -2.44. The zero-order valence-corrected chi connectivity index (χ0v) is 16.2. The summed E-state index contributed by atoms with van der Waals surface area (Å²) in [6, 6.07) is 9.17. The lowest BCUT2D eigenvalue weighted by atomic mass is 9.98. The Bertz CT molecular complexity index is 764. The second-order valence-corrected chi connectivity index (χ2v) is 7.06. The summed E-state index contributed by atoms with van der Waals surface area (Å²) < 4.78 is 5.41. The number of aliphatic carboxylic acids is 1. The summed E-state index contributed by atoms with van der Waals surface area (Å²) in [6.07, 6.45) is 1.81. The van der Waals surface area contributed by atoms with Crippen molar-refractivity contribution in [3.05, 3.63) is 58.9 Å². The van der Waals surface area contributed by atoms with Gasteiger partial charge in [0.15, 0.2) is 0 Å². The maximum absolute atomic E-state index is 12.1. The van der Waals surface area contributed by atoms with E-state index in [0.717, 1.165) is 47.8 Å². The van der Waals surface area contributed by atoms with Crippen molar-refractivity contribution >= 4 is 5.97 Å². The molecule has 0 spiro atoms. The summed E-state index contributed by atoms with van der Waals surface area (Å²) >= 11 is 0. The lowest BCUT2D eigenvalue weighted by Crippen LogP contribution is -2.48. The number of aromatic nitrogens is 1. The first kappa shape index (κ1) is 19.3. The highest BCUT2D eigenvalue weighted by molar-refractivity contribution is 5.76. The smallest absolute Gasteiger partial charge is 0.325 e. The van der Waals surface area contributed by atoms with Crippen molar-refractivity contribution in [1.29, 1.82) is 0 Å². The Kier molecular flexibility index (Phi) is 6.08. The van der Waals surface area contributed by atoms with E-state index in [1.165, 1.54) is 0 Å². The van der Waals surface area contributed by atoms with Gasteiger partial charge in [-0.1, -0.05) is 18.2 Å². The highest BCUT2D eigenvalue weighted by Crippen LogP contribution is 2.30. The number of carbonyl (C=O) groups is 1. The van der Waals surface area contributed by atoms with Crippen LogP contribution in [0, 0.1) is 13.8 Å². The third-order valence-electron chi connectivity index (χ3n) is 5.12. The van der Waals surface area contributed by atoms with Crippen LogP contribution in [0.5, 0.6) is 5.75 Å². The standard InChI is InChI=1S/C21H27N3O3/c1-15-12-17(13-16(2)20(15)27-3)19(21(25)26)24-10-8-23(9-11-24)14-18-6-4-5-7-22-18/h4-7,12-13,19H,8-11,14H2,1-3H3,(H,25,26). The van der Waals surface area contributed by atoms with Crippen LogP contribution in [0.15, 0.2) is 36.5 Å². The van der Waals surface area contributed by atoms with E-state index in [0.29, 0.717) is 13.1 Å². The average molecular weight is 369 g/mol. The number of piperazine rings is 1. The first-order chi connectivity index (χ1) is 13.0. The molecule has 6 nitrogen and oxygen atoms in total. The van der Waals surface area contributed by atoms with Crippen LogP contribution in [-0.2, 0) is 11.3 Å². The van der Waals surface area contributed by atoms with E-state index in [4.69, 9.17) is 4.74 Å². The molecule has 0 amide bonds. The van der Waals surface area contributed by atoms with Crippen molar-refractivity contribution in [3.63, 3.8) is 0 Å². The number of pyridine rings is 1. The fourth-order valence-electron chi connectivity index (χ4n) is 3.87. The van der Waals surface area contributed by atoms with Crippen molar-refractivity contribution in [2.75, 3.05) is 33.3 Å². The monoisotopic (exact) mass is 369 g/mol. The van der Waals surface area contributed by atoms with Gasteiger partial charge < -0.3 is 9.84 Å². The van der Waals surface area contributed by atoms with Crippen molar-refractivity contribution in [2.45, 2.75) is 26.4 Å². The molecule has 1 aromatic carbocycles. The minimum Gasteiger partial charge on any atom is -0.496 e. The topological polar surface area (TPSA) is 65.9 Å². The molecule has 144 valence electrons. The molecule has 2 aromatic rings. The highest BCUT2D eigenvalue weighted by Gasteiger charge is 2.31. The third kappa shape index (κ3) is 4.46. The van der Waals surface area contributed by atoms with Crippen LogP contribution in [0.1, 0.15) is 28.4 Å². The van der Waals surface area contributed by atoms with Gasteiger partial charge in [-0.25, -0.2) is 0 Å². The number of nitrogens with zero attached hydrogens (tertiary/aromatic N) is 3. The van der Waals surface area contributed by atoms with Gasteiger partial charge in [0.1, 0.15) is 11.8 Å². The van der Waals surface area contributed by atoms with Crippen LogP contribution in [0.25, 0.3) is 0 Å². The lowest BCUT2D eigenvalue weighted by Gasteiger charge is -2.38. The molecule has 3 rings (SSSR count). The Morgan fingerprint density at radius 3 is 2.37 bits per heavy atom. The summed E-state index contributed by atoms with van der Waals surface area (Å²) in [5.74, 6) is 0.0141. The summed E-state index contributed by atoms with van der Waals surface area (Å²) in [6.45, 7) is 7.80. The number of hydrogen-bond acceptors (Lipinski definition) is 5. The van der Waals surface area contributed by atoms with Crippen LogP contribution in [-0.4, -0.2) is 59.1 Å². The second kappa shape index (κ2) is 8.50. The number of methoxy groups -OCH3 is 1. The minimum absolute atomic E-state index is 0.634. The van der Waals surface area contributed by atoms with E-state index in [9.17, 15) is 9.90 Å². The van der Waals surface area contributed by atoms with E-state index in [1.807, 2.05) is 44.2 Å². The first-order valence-corrected chi connectivity index (χ1v) is 9.24. The molecule has 27 heavy (non-hydrogen) atoms. The van der Waals surface area contributed by atoms with Gasteiger partial charge in [-0.2, -0.15) is 0 Å². The lowest BCUT2D eigenvalue weighted by molar-refractivity contribution is -0.144. The maximum atomic E-state index is 12.1. The second-order valence-electron chi connectivity index (χ2n) is 7.06. The molecule has 1 fully saturated rings. The van der Waals surface area contributed by atoms with E-state index in [2.05, 4.69) is 14.8 Å². The average Bonchev–Trinajstić information content (AvgIpc) is 2.64. The van der Waals surface area contributed by atoms with Gasteiger partial charge in [0.05, 0.1) is 12.8 Å². The van der Waals surface area contributed by atoms with Gasteiger partial charge in [0, 0.05) is 38.9 Å². The normalized spacial score (nSPS) is 16.9. The van der Waals surface area contributed by atoms with E-state index >= 15 is 0 Å². The van der Waals surface area contributed by atoms with E-state index < -0.39 is 12.0 Å². The van der Waals surface area contributed by atoms with Gasteiger partial charge in [0.25, 0.3) is 0 Å². The van der Waals surface area contributed by atoms with Crippen LogP contribution in [0.2, 0.25) is 0 Å². The molecule has 1 saturated heterocycles. The molecule has 1 atom stereocenters. The zero-order valence-electron chi connectivity index (χ0n) is 16.2. The van der Waals surface area contributed by atoms with Gasteiger partial charge in [-0.05, 0) is 42.7 Å². The molecule has 0 aliphatic carbocycles. The fourth-order valence-corrected chi connectivity index (χ4v) is 3.87. The number of carboxylic acid groups (broad SMARTS) is 1. The summed E-state index contributed by atoms with van der Waals surface area (Å²) in [7, 11) is 1.64. The Morgan fingerprint density at radius 1 is 1.19 bits per heavy atom. The number of hydrogen-bond donors (Lipinski definition) is 1. The molecular formula is C21H27N3O3. The summed E-state index contributed by atoms with van der Waals surface area (Å²) in [4.78, 5) is 20.8. The minimum atomic E-state index is -0.808. The van der Waals surface area contributed by atoms with Crippen LogP contribution >= 0.6 is 0 Å². The van der Waals surface area contributed by atoms with Crippen molar-refractivity contribution in [1.82, 2.24) is 14.8 Å². The fraction of sp³-hybridized carbons (Fsp3) is 0.429. The molecule has 0 radical (unpaired) electrons. The summed E-state index contributed by atoms with van der Waals surface area (Å²) in [5, 5.41) is 9.89. The third-order valence-corrected chi connectivity index (χ3v) is 5.12. The van der Waals surface area contributed by atoms with E-state index in [-0.39, 0.29) is 0 Å². The van der Waals surface area contributed by atoms with Gasteiger partial charge in [-0.3, -0.25) is 19.6 Å². The molecule has 2 heterocycles. The zero-order chi connectivity index (χ0) is 19.4. The number of ether oxygens (including phenoxy) is 1. The van der Waals surface area contributed by atoms with Crippen molar-refractivity contribution in [2.24, 2.45) is 0 Å². The van der Waals surface area contributed by atoms with Crippen LogP contribution in [0.4, 0.5) is 0 Å². The largest absolute Gasteiger partial charge is 0.496 e. The Balaban J connectivity index is 1.71. The van der Waals surface area contributed by atoms with E-state index in [1.54, 1.807) is 13.3 Å².